The van der Waals surface area contributed by atoms with Gasteiger partial charge in [-0.05, 0) is 37.1 Å². The Labute approximate surface area is 139 Å². The summed E-state index contributed by atoms with van der Waals surface area (Å²) in [5.41, 5.74) is 0.594. The highest BCUT2D eigenvalue weighted by molar-refractivity contribution is 6.32. The smallest absolute Gasteiger partial charge is 0.261 e. The molecule has 1 aliphatic heterocycles. The highest BCUT2D eigenvalue weighted by Crippen LogP contribution is 2.40. The Morgan fingerprint density at radius 1 is 1.52 bits per heavy atom. The van der Waals surface area contributed by atoms with Gasteiger partial charge in [0.1, 0.15) is 11.6 Å². The quantitative estimate of drug-likeness (QED) is 0.470. The highest BCUT2D eigenvalue weighted by Gasteiger charge is 2.18. The summed E-state index contributed by atoms with van der Waals surface area (Å²) >= 11 is 6.08. The van der Waals surface area contributed by atoms with Crippen molar-refractivity contribution in [3.8, 4) is 17.6 Å². The summed E-state index contributed by atoms with van der Waals surface area (Å²) in [6.07, 6.45) is 2.15. The number of amides is 1. The maximum atomic E-state index is 12.0. The number of rotatable bonds is 7. The lowest BCUT2D eigenvalue weighted by Crippen LogP contribution is -2.26. The minimum Gasteiger partial charge on any atom is -0.454 e. The number of nitrogens with one attached hydrogen (secondary N) is 1. The molecule has 7 heteroatoms. The first kappa shape index (κ1) is 17.1. The van der Waals surface area contributed by atoms with E-state index >= 15 is 0 Å². The average Bonchev–Trinajstić information content (AvgIpc) is 3.01. The molecule has 0 bridgehead atoms. The lowest BCUT2D eigenvalue weighted by atomic mass is 10.1. The minimum absolute atomic E-state index is 0.00339. The van der Waals surface area contributed by atoms with Crippen LogP contribution in [0, 0.1) is 11.3 Å². The van der Waals surface area contributed by atoms with E-state index < -0.39 is 5.91 Å². The van der Waals surface area contributed by atoms with Crippen LogP contribution in [0.4, 0.5) is 0 Å². The van der Waals surface area contributed by atoms with Crippen LogP contribution in [0.1, 0.15) is 18.9 Å². The monoisotopic (exact) mass is 336 g/mol. The van der Waals surface area contributed by atoms with E-state index in [1.807, 2.05) is 13.0 Å². The van der Waals surface area contributed by atoms with Crippen molar-refractivity contribution in [2.45, 2.75) is 13.3 Å². The van der Waals surface area contributed by atoms with Gasteiger partial charge in [0.05, 0.1) is 5.02 Å². The zero-order valence-electron chi connectivity index (χ0n) is 12.7. The van der Waals surface area contributed by atoms with Crippen molar-refractivity contribution in [1.82, 2.24) is 5.32 Å². The Bertz CT molecular complexity index is 652. The molecule has 0 aromatic heterocycles. The molecule has 1 amide bonds. The molecule has 1 aromatic rings. The Balaban J connectivity index is 2.03. The molecule has 0 fully saturated rings. The van der Waals surface area contributed by atoms with Crippen LogP contribution in [-0.4, -0.2) is 32.5 Å². The first-order chi connectivity index (χ1) is 11.2. The maximum absolute atomic E-state index is 12.0. The fourth-order valence-electron chi connectivity index (χ4n) is 2.00. The summed E-state index contributed by atoms with van der Waals surface area (Å²) in [6.45, 7) is 3.67. The van der Waals surface area contributed by atoms with Crippen LogP contribution in [0.3, 0.4) is 0 Å². The zero-order chi connectivity index (χ0) is 16.7. The third-order valence-corrected chi connectivity index (χ3v) is 3.36. The van der Waals surface area contributed by atoms with Crippen LogP contribution in [0.25, 0.3) is 6.08 Å². The summed E-state index contributed by atoms with van der Waals surface area (Å²) in [5.74, 6) is 0.540. The summed E-state index contributed by atoms with van der Waals surface area (Å²) in [6, 6.07) is 5.19. The molecule has 6 nitrogen and oxygen atoms in total. The van der Waals surface area contributed by atoms with Gasteiger partial charge < -0.3 is 19.5 Å². The van der Waals surface area contributed by atoms with Gasteiger partial charge in [0, 0.05) is 19.8 Å². The van der Waals surface area contributed by atoms with Gasteiger partial charge >= 0.3 is 0 Å². The van der Waals surface area contributed by atoms with Gasteiger partial charge in [-0.25, -0.2) is 0 Å². The molecule has 0 atom stereocenters. The van der Waals surface area contributed by atoms with Gasteiger partial charge in [-0.2, -0.15) is 5.26 Å². The standard InChI is InChI=1S/C16H17ClN2O4/c1-2-21-5-3-4-19-16(20)12(9-18)6-11-7-13(17)15-14(8-11)22-10-23-15/h6-8H,2-5,10H2,1H3,(H,19,20)/b12-6+. The minimum atomic E-state index is -0.433. The molecule has 122 valence electrons. The molecule has 0 radical (unpaired) electrons. The second-order valence-electron chi connectivity index (χ2n) is 4.71. The van der Waals surface area contributed by atoms with Gasteiger partial charge in [0.2, 0.25) is 6.79 Å². The van der Waals surface area contributed by atoms with E-state index in [9.17, 15) is 4.79 Å². The summed E-state index contributed by atoms with van der Waals surface area (Å²) < 4.78 is 15.7. The molecule has 0 saturated heterocycles. The van der Waals surface area contributed by atoms with Crippen LogP contribution in [-0.2, 0) is 9.53 Å². The van der Waals surface area contributed by atoms with Gasteiger partial charge in [-0.15, -0.1) is 0 Å². The van der Waals surface area contributed by atoms with Crippen molar-refractivity contribution < 1.29 is 19.0 Å². The molecule has 1 aromatic carbocycles. The Hall–Kier alpha value is -2.23. The van der Waals surface area contributed by atoms with Crippen LogP contribution in [0.15, 0.2) is 17.7 Å². The van der Waals surface area contributed by atoms with E-state index in [-0.39, 0.29) is 12.4 Å². The normalized spacial score (nSPS) is 12.8. The van der Waals surface area contributed by atoms with Crippen LogP contribution >= 0.6 is 11.6 Å². The van der Waals surface area contributed by atoms with Crippen molar-refractivity contribution in [1.29, 1.82) is 5.26 Å². The molecule has 0 aliphatic carbocycles. The number of nitrogens with zero attached hydrogens (tertiary/aromatic N) is 1. The van der Waals surface area contributed by atoms with E-state index in [1.165, 1.54) is 6.08 Å². The first-order valence-electron chi connectivity index (χ1n) is 7.22. The number of ether oxygens (including phenoxy) is 3. The molecule has 0 unspecified atom stereocenters. The number of hydrogen-bond donors (Lipinski definition) is 1. The Kier molecular flexibility index (Phi) is 6.27. The molecule has 1 heterocycles. The third-order valence-electron chi connectivity index (χ3n) is 3.08. The molecular formula is C16H17ClN2O4. The number of carbonyl (C=O) groups is 1. The molecule has 0 saturated carbocycles. The summed E-state index contributed by atoms with van der Waals surface area (Å²) in [5, 5.41) is 12.2. The molecule has 1 aliphatic rings. The third kappa shape index (κ3) is 4.62. The van der Waals surface area contributed by atoms with Crippen LogP contribution < -0.4 is 14.8 Å². The van der Waals surface area contributed by atoms with Crippen molar-refractivity contribution in [2.24, 2.45) is 0 Å². The number of fused-ring (bicyclic) bond motifs is 1. The lowest BCUT2D eigenvalue weighted by Gasteiger charge is -2.05. The predicted molar refractivity (Wildman–Crippen MR) is 85.3 cm³/mol. The van der Waals surface area contributed by atoms with Crippen molar-refractivity contribution in [3.05, 3.63) is 28.3 Å². The first-order valence-corrected chi connectivity index (χ1v) is 7.60. The number of benzene rings is 1. The SMILES string of the molecule is CCOCCCNC(=O)/C(C#N)=C/c1cc(Cl)c2c(c1)OCO2. The fourth-order valence-corrected chi connectivity index (χ4v) is 2.28. The molecule has 23 heavy (non-hydrogen) atoms. The van der Waals surface area contributed by atoms with Gasteiger partial charge in [0.15, 0.2) is 11.5 Å². The second kappa shape index (κ2) is 8.42. The topological polar surface area (TPSA) is 80.6 Å². The second-order valence-corrected chi connectivity index (χ2v) is 5.12. The van der Waals surface area contributed by atoms with E-state index in [2.05, 4.69) is 5.32 Å². The largest absolute Gasteiger partial charge is 0.454 e. The van der Waals surface area contributed by atoms with E-state index in [0.717, 1.165) is 0 Å². The van der Waals surface area contributed by atoms with Crippen molar-refractivity contribution in [3.63, 3.8) is 0 Å². The summed E-state index contributed by atoms with van der Waals surface area (Å²) in [7, 11) is 0. The lowest BCUT2D eigenvalue weighted by molar-refractivity contribution is -0.117. The molecular weight excluding hydrogens is 320 g/mol. The molecule has 2 rings (SSSR count). The van der Waals surface area contributed by atoms with Gasteiger partial charge in [-0.1, -0.05) is 11.6 Å². The van der Waals surface area contributed by atoms with Gasteiger partial charge in [-0.3, -0.25) is 4.79 Å². The Morgan fingerprint density at radius 3 is 3.09 bits per heavy atom. The number of carbonyl (C=O) groups excluding carboxylic acids is 1. The number of hydrogen-bond acceptors (Lipinski definition) is 5. The van der Waals surface area contributed by atoms with Crippen LogP contribution in [0.2, 0.25) is 5.02 Å². The van der Waals surface area contributed by atoms with Crippen molar-refractivity contribution >= 4 is 23.6 Å². The highest BCUT2D eigenvalue weighted by atomic mass is 35.5. The van der Waals surface area contributed by atoms with Crippen molar-refractivity contribution in [2.75, 3.05) is 26.6 Å². The number of nitriles is 1. The van der Waals surface area contributed by atoms with E-state index in [4.69, 9.17) is 31.1 Å². The fraction of sp³-hybridized carbons (Fsp3) is 0.375. The Morgan fingerprint density at radius 2 is 2.35 bits per heavy atom. The molecule has 1 N–H and O–H groups in total. The zero-order valence-corrected chi connectivity index (χ0v) is 13.5. The van der Waals surface area contributed by atoms with E-state index in [0.29, 0.717) is 48.3 Å². The summed E-state index contributed by atoms with van der Waals surface area (Å²) in [4.78, 5) is 12.0. The number of halogens is 1. The predicted octanol–water partition coefficient (Wildman–Crippen LogP) is 2.52. The maximum Gasteiger partial charge on any atom is 0.261 e. The van der Waals surface area contributed by atoms with Crippen LogP contribution in [0.5, 0.6) is 11.5 Å². The van der Waals surface area contributed by atoms with Gasteiger partial charge in [0.25, 0.3) is 5.91 Å². The average molecular weight is 337 g/mol. The van der Waals surface area contributed by atoms with E-state index in [1.54, 1.807) is 12.1 Å². The molecule has 0 spiro atoms.